The zero-order chi connectivity index (χ0) is 12.3. The van der Waals surface area contributed by atoms with Crippen LogP contribution in [-0.2, 0) is 11.2 Å². The Morgan fingerprint density at radius 3 is 2.82 bits per heavy atom. The summed E-state index contributed by atoms with van der Waals surface area (Å²) in [7, 11) is 1.40. The van der Waals surface area contributed by atoms with E-state index in [1.165, 1.54) is 44.8 Å². The molecule has 0 atom stereocenters. The van der Waals surface area contributed by atoms with Crippen molar-refractivity contribution in [2.75, 3.05) is 7.11 Å². The predicted octanol–water partition coefficient (Wildman–Crippen LogP) is 3.69. The van der Waals surface area contributed by atoms with Crippen molar-refractivity contribution >= 4 is 21.9 Å². The number of methoxy groups -OCH3 is 1. The van der Waals surface area contributed by atoms with Crippen LogP contribution in [0.25, 0.3) is 0 Å². The van der Waals surface area contributed by atoms with E-state index in [4.69, 9.17) is 4.74 Å². The molecule has 94 valence electrons. The van der Waals surface area contributed by atoms with Crippen LogP contribution >= 0.6 is 15.9 Å². The summed E-state index contributed by atoms with van der Waals surface area (Å²) >= 11 is 3.48. The second-order valence-electron chi connectivity index (χ2n) is 4.72. The lowest BCUT2D eigenvalue weighted by atomic mass is 9.85. The van der Waals surface area contributed by atoms with Gasteiger partial charge in [-0.2, -0.15) is 0 Å². The van der Waals surface area contributed by atoms with Crippen LogP contribution in [0.1, 0.15) is 48.2 Å². The molecule has 1 aromatic heterocycles. The van der Waals surface area contributed by atoms with E-state index < -0.39 is 0 Å². The van der Waals surface area contributed by atoms with Crippen LogP contribution < -0.4 is 0 Å². The van der Waals surface area contributed by atoms with Crippen molar-refractivity contribution in [3.8, 4) is 0 Å². The highest BCUT2D eigenvalue weighted by atomic mass is 79.9. The number of carbonyl (C=O) groups excluding carboxylic acids is 1. The first-order valence-corrected chi connectivity index (χ1v) is 6.95. The Hall–Kier alpha value is -0.770. The molecular formula is C13H18BrNO2. The van der Waals surface area contributed by atoms with Gasteiger partial charge in [-0.3, -0.25) is 0 Å². The minimum absolute atomic E-state index is 0.305. The molecule has 0 aliphatic heterocycles. The van der Waals surface area contributed by atoms with Crippen molar-refractivity contribution < 1.29 is 9.53 Å². The number of hydrogen-bond acceptors (Lipinski definition) is 2. The first kappa shape index (κ1) is 12.7. The summed E-state index contributed by atoms with van der Waals surface area (Å²) in [6.07, 6.45) is 7.73. The molecule has 1 saturated carbocycles. The van der Waals surface area contributed by atoms with Gasteiger partial charge in [0.1, 0.15) is 5.69 Å². The van der Waals surface area contributed by atoms with Crippen molar-refractivity contribution in [1.29, 1.82) is 0 Å². The van der Waals surface area contributed by atoms with Crippen LogP contribution in [0.4, 0.5) is 0 Å². The molecule has 1 aromatic rings. The molecular weight excluding hydrogens is 282 g/mol. The second-order valence-corrected chi connectivity index (χ2v) is 5.51. The number of aromatic nitrogens is 1. The van der Waals surface area contributed by atoms with Gasteiger partial charge in [-0.1, -0.05) is 32.1 Å². The Balaban J connectivity index is 2.04. The van der Waals surface area contributed by atoms with Gasteiger partial charge in [-0.15, -0.1) is 0 Å². The van der Waals surface area contributed by atoms with Gasteiger partial charge < -0.3 is 9.72 Å². The van der Waals surface area contributed by atoms with Gasteiger partial charge in [-0.25, -0.2) is 4.79 Å². The zero-order valence-corrected chi connectivity index (χ0v) is 11.7. The van der Waals surface area contributed by atoms with Crippen molar-refractivity contribution in [2.45, 2.75) is 38.5 Å². The lowest BCUT2D eigenvalue weighted by Crippen LogP contribution is -2.09. The largest absolute Gasteiger partial charge is 0.464 e. The molecule has 1 N–H and O–H groups in total. The second kappa shape index (κ2) is 5.71. The molecule has 3 nitrogen and oxygen atoms in total. The third kappa shape index (κ3) is 3.12. The van der Waals surface area contributed by atoms with E-state index in [0.29, 0.717) is 5.69 Å². The molecule has 0 unspecified atom stereocenters. The number of hydrogen-bond donors (Lipinski definition) is 1. The highest BCUT2D eigenvalue weighted by Crippen LogP contribution is 2.29. The molecule has 2 rings (SSSR count). The van der Waals surface area contributed by atoms with E-state index in [9.17, 15) is 4.79 Å². The van der Waals surface area contributed by atoms with Gasteiger partial charge in [0, 0.05) is 0 Å². The molecule has 1 fully saturated rings. The van der Waals surface area contributed by atoms with E-state index in [-0.39, 0.29) is 5.97 Å². The molecule has 1 heterocycles. The van der Waals surface area contributed by atoms with E-state index in [1.54, 1.807) is 0 Å². The summed E-state index contributed by atoms with van der Waals surface area (Å²) < 4.78 is 5.62. The Kier molecular flexibility index (Phi) is 4.26. The number of ether oxygens (including phenoxy) is 1. The van der Waals surface area contributed by atoms with Crippen molar-refractivity contribution in [3.05, 3.63) is 21.9 Å². The third-order valence-electron chi connectivity index (χ3n) is 3.48. The maximum Gasteiger partial charge on any atom is 0.354 e. The van der Waals surface area contributed by atoms with Gasteiger partial charge in [0.15, 0.2) is 0 Å². The maximum atomic E-state index is 11.4. The standard InChI is InChI=1S/C13H18BrNO2/c1-17-13(16)11-8-10(12(14)15-11)7-9-5-3-2-4-6-9/h8-9,15H,2-7H2,1H3. The smallest absolute Gasteiger partial charge is 0.354 e. The van der Waals surface area contributed by atoms with Gasteiger partial charge in [0.05, 0.1) is 11.7 Å². The lowest BCUT2D eigenvalue weighted by molar-refractivity contribution is 0.0594. The van der Waals surface area contributed by atoms with Crippen molar-refractivity contribution in [3.63, 3.8) is 0 Å². The molecule has 0 bridgehead atoms. The zero-order valence-electron chi connectivity index (χ0n) is 10.1. The molecule has 17 heavy (non-hydrogen) atoms. The number of esters is 1. The van der Waals surface area contributed by atoms with Gasteiger partial charge in [-0.05, 0) is 39.9 Å². The molecule has 0 radical (unpaired) electrons. The SMILES string of the molecule is COC(=O)c1cc(CC2CCCCC2)c(Br)[nH]1. The first-order valence-electron chi connectivity index (χ1n) is 6.16. The number of nitrogens with one attached hydrogen (secondary N) is 1. The summed E-state index contributed by atoms with van der Waals surface area (Å²) in [5.74, 6) is 0.460. The number of aromatic amines is 1. The normalized spacial score (nSPS) is 17.1. The predicted molar refractivity (Wildman–Crippen MR) is 70.1 cm³/mol. The Labute approximate surface area is 110 Å². The third-order valence-corrected chi connectivity index (χ3v) is 4.19. The Morgan fingerprint density at radius 1 is 1.47 bits per heavy atom. The lowest BCUT2D eigenvalue weighted by Gasteiger charge is -2.21. The maximum absolute atomic E-state index is 11.4. The quantitative estimate of drug-likeness (QED) is 0.865. The fraction of sp³-hybridized carbons (Fsp3) is 0.615. The monoisotopic (exact) mass is 299 g/mol. The minimum atomic E-state index is -0.305. The molecule has 4 heteroatoms. The molecule has 0 saturated heterocycles. The first-order chi connectivity index (χ1) is 8.20. The van der Waals surface area contributed by atoms with Gasteiger partial charge in [0.2, 0.25) is 0 Å². The summed E-state index contributed by atoms with van der Waals surface area (Å²) in [5.41, 5.74) is 1.72. The van der Waals surface area contributed by atoms with Crippen LogP contribution in [-0.4, -0.2) is 18.1 Å². The summed E-state index contributed by atoms with van der Waals surface area (Å²) in [6, 6.07) is 1.91. The number of rotatable bonds is 3. The van der Waals surface area contributed by atoms with Crippen LogP contribution in [0, 0.1) is 5.92 Å². The molecule has 0 spiro atoms. The van der Waals surface area contributed by atoms with Crippen LogP contribution in [0.3, 0.4) is 0 Å². The number of H-pyrrole nitrogens is 1. The van der Waals surface area contributed by atoms with Crippen LogP contribution in [0.5, 0.6) is 0 Å². The molecule has 0 aromatic carbocycles. The topological polar surface area (TPSA) is 42.1 Å². The van der Waals surface area contributed by atoms with Crippen molar-refractivity contribution in [1.82, 2.24) is 4.98 Å². The average molecular weight is 300 g/mol. The number of halogens is 1. The van der Waals surface area contributed by atoms with E-state index >= 15 is 0 Å². The minimum Gasteiger partial charge on any atom is -0.464 e. The molecule has 1 aliphatic rings. The average Bonchev–Trinajstić information content (AvgIpc) is 2.71. The fourth-order valence-corrected chi connectivity index (χ4v) is 3.03. The van der Waals surface area contributed by atoms with Crippen LogP contribution in [0.15, 0.2) is 10.7 Å². The Bertz CT molecular complexity index is 394. The van der Waals surface area contributed by atoms with E-state index in [2.05, 4.69) is 20.9 Å². The van der Waals surface area contributed by atoms with Crippen LogP contribution in [0.2, 0.25) is 0 Å². The fourth-order valence-electron chi connectivity index (χ4n) is 2.54. The summed E-state index contributed by atoms with van der Waals surface area (Å²) in [5, 5.41) is 0. The van der Waals surface area contributed by atoms with Crippen molar-refractivity contribution in [2.24, 2.45) is 5.92 Å². The summed E-state index contributed by atoms with van der Waals surface area (Å²) in [4.78, 5) is 14.4. The summed E-state index contributed by atoms with van der Waals surface area (Å²) in [6.45, 7) is 0. The molecule has 0 amide bonds. The molecule has 1 aliphatic carbocycles. The Morgan fingerprint density at radius 2 is 2.18 bits per heavy atom. The van der Waals surface area contributed by atoms with E-state index in [1.807, 2.05) is 6.07 Å². The van der Waals surface area contributed by atoms with Gasteiger partial charge >= 0.3 is 5.97 Å². The van der Waals surface area contributed by atoms with Gasteiger partial charge in [0.25, 0.3) is 0 Å². The highest BCUT2D eigenvalue weighted by Gasteiger charge is 2.18. The van der Waals surface area contributed by atoms with E-state index in [0.717, 1.165) is 16.9 Å². The number of carbonyl (C=O) groups is 1. The highest BCUT2D eigenvalue weighted by molar-refractivity contribution is 9.10.